The molecule has 4 saturated carbocycles. The van der Waals surface area contributed by atoms with E-state index in [0.717, 1.165) is 70.6 Å². The van der Waals surface area contributed by atoms with E-state index >= 15 is 0 Å². The van der Waals surface area contributed by atoms with Crippen molar-refractivity contribution in [3.8, 4) is 36.2 Å². The topological polar surface area (TPSA) is 195 Å². The van der Waals surface area contributed by atoms with Gasteiger partial charge >= 0.3 is 23.9 Å². The fraction of sp³-hybridized carbons (Fsp3) is 0.630. The first-order valence-electron chi connectivity index (χ1n) is 24.0. The summed E-state index contributed by atoms with van der Waals surface area (Å²) in [6.45, 7) is 10.8. The molecule has 13 nitrogen and oxygen atoms in total. The first kappa shape index (κ1) is 48.5. The largest absolute Gasteiger partial charge is 0.508 e. The van der Waals surface area contributed by atoms with Crippen LogP contribution in [-0.2, 0) is 51.0 Å². The molecule has 67 heavy (non-hydrogen) atoms. The molecule has 6 fully saturated rings. The molecule has 2 aromatic carbocycles. The van der Waals surface area contributed by atoms with E-state index in [4.69, 9.17) is 41.6 Å². The molecule has 12 atom stereocenters. The minimum absolute atomic E-state index is 0.128. The smallest absolute Gasteiger partial charge is 0.338 e. The average molecular weight is 923 g/mol. The van der Waals surface area contributed by atoms with E-state index in [-0.39, 0.29) is 23.7 Å². The molecule has 6 unspecified atom stereocenters. The molecule has 10 rings (SSSR count). The number of aliphatic carboxylic acids is 1. The number of cyclic esters (lactones) is 2. The van der Waals surface area contributed by atoms with Crippen molar-refractivity contribution >= 4 is 23.9 Å². The lowest BCUT2D eigenvalue weighted by atomic mass is 9.53. The average Bonchev–Trinajstić information content (AvgIpc) is 3.90. The van der Waals surface area contributed by atoms with Gasteiger partial charge in [0.2, 0.25) is 11.6 Å². The zero-order valence-corrected chi connectivity index (χ0v) is 39.6. The monoisotopic (exact) mass is 922 g/mol. The Bertz CT molecular complexity index is 2390. The Morgan fingerprint density at radius 1 is 0.672 bits per heavy atom. The van der Waals surface area contributed by atoms with Gasteiger partial charge in [-0.15, -0.1) is 12.8 Å². The number of terminal acetylenes is 2. The lowest BCUT2D eigenvalue weighted by Gasteiger charge is -2.52. The van der Waals surface area contributed by atoms with Crippen molar-refractivity contribution in [2.75, 3.05) is 0 Å². The summed E-state index contributed by atoms with van der Waals surface area (Å²) in [5.74, 6) is 4.67. The zero-order chi connectivity index (χ0) is 48.5. The van der Waals surface area contributed by atoms with Crippen LogP contribution in [-0.4, -0.2) is 79.3 Å². The number of ether oxygens (including phenoxy) is 5. The minimum Gasteiger partial charge on any atom is -0.508 e. The number of fused-ring (bicyclic) bond motifs is 10. The molecule has 0 amide bonds. The van der Waals surface area contributed by atoms with E-state index in [2.05, 4.69) is 37.8 Å². The summed E-state index contributed by atoms with van der Waals surface area (Å²) in [6.07, 6.45) is 20.7. The second-order valence-electron chi connectivity index (χ2n) is 21.7. The molecule has 6 aliphatic carbocycles. The summed E-state index contributed by atoms with van der Waals surface area (Å²) in [5.41, 5.74) is 3.03. The van der Waals surface area contributed by atoms with E-state index in [0.29, 0.717) is 53.4 Å². The van der Waals surface area contributed by atoms with Crippen molar-refractivity contribution in [3.63, 3.8) is 0 Å². The number of carboxylic acid groups (broad SMARTS) is 1. The van der Waals surface area contributed by atoms with Crippen LogP contribution in [0.15, 0.2) is 36.4 Å². The number of phenolic OH excluding ortho intramolecular Hbond substituents is 1. The molecule has 8 aliphatic rings. The number of carboxylic acids is 1. The van der Waals surface area contributed by atoms with Gasteiger partial charge in [-0.1, -0.05) is 37.8 Å². The molecule has 360 valence electrons. The van der Waals surface area contributed by atoms with E-state index in [1.165, 1.54) is 22.3 Å². The summed E-state index contributed by atoms with van der Waals surface area (Å²) < 4.78 is 25.9. The van der Waals surface area contributed by atoms with Gasteiger partial charge in [0, 0.05) is 38.5 Å². The highest BCUT2D eigenvalue weighted by molar-refractivity contribution is 5.84. The van der Waals surface area contributed by atoms with Crippen LogP contribution in [0.3, 0.4) is 0 Å². The summed E-state index contributed by atoms with van der Waals surface area (Å²) in [5, 5.41) is 40.1. The van der Waals surface area contributed by atoms with Crippen LogP contribution < -0.4 is 4.74 Å². The minimum atomic E-state index is -1.07. The number of carbonyl (C=O) groups is 4. The highest BCUT2D eigenvalue weighted by Crippen LogP contribution is 2.65. The van der Waals surface area contributed by atoms with E-state index in [9.17, 15) is 34.5 Å². The standard InChI is InChI=1S/C27H32O6.C20H24O2.C7H10O5/c1-5-27(30)13-11-21-20-8-6-16-14-17(7-9-18(16)19(20)10-12-26(21,27)4)31-23(28)15-22-24(29)33-25(2,3)32-22;1-3-20(22)11-9-18-17-6-4-13-12-14(21)5-7-15(13)16(17)8-10-19(18,20)2;1-7(2)11-4(3-5(8)9)6(10)12-7/h1,7,9,14,19-22,30H,6,8,10-13,15H2,2-4H3;1,5,7,12,16-18,21-22H,4,6,8-11H2,2H3;4H,3H2,1-2H3,(H,8,9)/t19?,20?,21?,22-,26+,27+;16?,17?,18?,19-,20-;4-/m101/s1. The third kappa shape index (κ3) is 8.86. The Hall–Kier alpha value is -4.92. The summed E-state index contributed by atoms with van der Waals surface area (Å²) in [4.78, 5) is 45.4. The third-order valence-electron chi connectivity index (χ3n) is 17.2. The van der Waals surface area contributed by atoms with Crippen LogP contribution in [0.1, 0.15) is 153 Å². The van der Waals surface area contributed by atoms with Gasteiger partial charge in [-0.2, -0.15) is 0 Å². The van der Waals surface area contributed by atoms with Gasteiger partial charge in [0.1, 0.15) is 22.7 Å². The van der Waals surface area contributed by atoms with Crippen molar-refractivity contribution in [2.24, 2.45) is 34.5 Å². The molecule has 2 heterocycles. The molecule has 0 bridgehead atoms. The van der Waals surface area contributed by atoms with Crippen LogP contribution in [0.5, 0.6) is 11.5 Å². The van der Waals surface area contributed by atoms with E-state index in [1.54, 1.807) is 27.7 Å². The number of hydrogen-bond donors (Lipinski definition) is 4. The van der Waals surface area contributed by atoms with Gasteiger partial charge in [0.25, 0.3) is 0 Å². The molecule has 13 heteroatoms. The van der Waals surface area contributed by atoms with Gasteiger partial charge in [-0.25, -0.2) is 9.59 Å². The van der Waals surface area contributed by atoms with Gasteiger partial charge < -0.3 is 44.1 Å². The van der Waals surface area contributed by atoms with Crippen LogP contribution in [0.25, 0.3) is 0 Å². The fourth-order valence-electron chi connectivity index (χ4n) is 13.9. The van der Waals surface area contributed by atoms with Crippen LogP contribution in [0, 0.1) is 59.2 Å². The Kier molecular flexibility index (Phi) is 12.7. The lowest BCUT2D eigenvalue weighted by molar-refractivity contribution is -0.163. The predicted molar refractivity (Wildman–Crippen MR) is 244 cm³/mol. The van der Waals surface area contributed by atoms with Gasteiger partial charge in [0.15, 0.2) is 12.2 Å². The summed E-state index contributed by atoms with van der Waals surface area (Å²) in [7, 11) is 0. The quantitative estimate of drug-likeness (QED) is 0.130. The third-order valence-corrected chi connectivity index (χ3v) is 17.2. The first-order valence-corrected chi connectivity index (χ1v) is 24.0. The Morgan fingerprint density at radius 3 is 1.58 bits per heavy atom. The number of benzene rings is 2. The second-order valence-corrected chi connectivity index (χ2v) is 21.7. The maximum absolute atomic E-state index is 12.4. The highest BCUT2D eigenvalue weighted by Gasteiger charge is 2.62. The number of hydrogen-bond acceptors (Lipinski definition) is 12. The predicted octanol–water partition coefficient (Wildman–Crippen LogP) is 7.63. The molecule has 2 aliphatic heterocycles. The normalized spacial score (nSPS) is 37.8. The molecular formula is C54H66O13. The highest BCUT2D eigenvalue weighted by atomic mass is 16.8. The Morgan fingerprint density at radius 2 is 1.13 bits per heavy atom. The van der Waals surface area contributed by atoms with Crippen LogP contribution >= 0.6 is 0 Å². The van der Waals surface area contributed by atoms with Gasteiger partial charge in [-0.3, -0.25) is 9.59 Å². The molecule has 0 radical (unpaired) electrons. The Labute approximate surface area is 393 Å². The SMILES string of the molecule is C#C[C@]1(O)CCC2C3CCc4cc(O)ccc4C3CC[C@@]21C.C#C[C@]1(O)CCC2C3CCc4cc(OC(=O)C[C@H]5OC(C)(C)OC5=O)ccc4C3CC[C@@]21C.CC1(C)OC(=O)[C@@H](CC(=O)O)O1. The number of aliphatic hydroxyl groups is 2. The van der Waals surface area contributed by atoms with Crippen molar-refractivity contribution < 1.29 is 63.3 Å². The zero-order valence-electron chi connectivity index (χ0n) is 39.6. The number of aryl methyl sites for hydroxylation is 2. The number of phenols is 1. The van der Waals surface area contributed by atoms with Crippen molar-refractivity contribution in [1.82, 2.24) is 0 Å². The van der Waals surface area contributed by atoms with Crippen molar-refractivity contribution in [3.05, 3.63) is 58.7 Å². The van der Waals surface area contributed by atoms with E-state index in [1.807, 2.05) is 24.3 Å². The number of carbonyl (C=O) groups excluding carboxylic acids is 3. The van der Waals surface area contributed by atoms with E-state index < -0.39 is 58.9 Å². The maximum Gasteiger partial charge on any atom is 0.338 e. The van der Waals surface area contributed by atoms with Gasteiger partial charge in [0.05, 0.1) is 12.8 Å². The second kappa shape index (κ2) is 17.6. The van der Waals surface area contributed by atoms with Gasteiger partial charge in [-0.05, 0) is 159 Å². The van der Waals surface area contributed by atoms with Crippen molar-refractivity contribution in [1.29, 1.82) is 0 Å². The first-order chi connectivity index (χ1) is 31.4. The summed E-state index contributed by atoms with van der Waals surface area (Å²) >= 11 is 0. The molecule has 2 aromatic rings. The number of esters is 3. The molecular weight excluding hydrogens is 857 g/mol. The molecule has 0 spiro atoms. The van der Waals surface area contributed by atoms with Crippen molar-refractivity contribution in [2.45, 2.75) is 178 Å². The molecule has 4 N–H and O–H groups in total. The maximum atomic E-state index is 12.4. The summed E-state index contributed by atoms with van der Waals surface area (Å²) in [6, 6.07) is 11.8. The van der Waals surface area contributed by atoms with Crippen LogP contribution in [0.4, 0.5) is 0 Å². The molecule has 0 aromatic heterocycles. The fourth-order valence-corrected chi connectivity index (χ4v) is 13.9. The Balaban J connectivity index is 0.000000153. The lowest BCUT2D eigenvalue weighted by Crippen LogP contribution is -2.50. The number of rotatable bonds is 5. The van der Waals surface area contributed by atoms with Crippen LogP contribution in [0.2, 0.25) is 0 Å². The molecule has 2 saturated heterocycles. The number of aromatic hydroxyl groups is 1.